The van der Waals surface area contributed by atoms with Gasteiger partial charge < -0.3 is 16.2 Å². The van der Waals surface area contributed by atoms with Gasteiger partial charge in [0, 0.05) is 17.7 Å². The van der Waals surface area contributed by atoms with Gasteiger partial charge in [0.25, 0.3) is 5.91 Å². The van der Waals surface area contributed by atoms with Crippen LogP contribution in [0.5, 0.6) is 0 Å². The Hall–Kier alpha value is -2.41. The number of primary amides is 1. The summed E-state index contributed by atoms with van der Waals surface area (Å²) in [4.78, 5) is 19.2. The molecule has 0 aliphatic rings. The number of nitrogens with zero attached hydrogens (tertiary/aromatic N) is 2. The first-order valence-electron chi connectivity index (χ1n) is 8.86. The molecule has 0 unspecified atom stereocenters. The van der Waals surface area contributed by atoms with Gasteiger partial charge in [0.15, 0.2) is 5.01 Å². The molecular weight excluding hydrogens is 450 g/mol. The zero-order chi connectivity index (χ0) is 23.9. The van der Waals surface area contributed by atoms with Crippen molar-refractivity contribution in [3.05, 3.63) is 28.5 Å². The number of anilines is 1. The Balaban J connectivity index is 2.69. The lowest BCUT2D eigenvalue weighted by Crippen LogP contribution is -2.33. The minimum atomic E-state index is -4.96. The first-order valence-corrected chi connectivity index (χ1v) is 9.68. The van der Waals surface area contributed by atoms with Crippen LogP contribution in [0.3, 0.4) is 0 Å². The summed E-state index contributed by atoms with van der Waals surface area (Å²) in [5, 5.41) is 11.9. The van der Waals surface area contributed by atoms with E-state index >= 15 is 0 Å². The Kier molecular flexibility index (Phi) is 6.62. The Bertz CT molecular complexity index is 965. The van der Waals surface area contributed by atoms with E-state index < -0.39 is 52.8 Å². The predicted octanol–water partition coefficient (Wildman–Crippen LogP) is 4.56. The number of aromatic nitrogens is 2. The molecule has 1 amide bonds. The van der Waals surface area contributed by atoms with E-state index in [2.05, 4.69) is 9.97 Å². The number of aliphatic hydroxyl groups is 1. The Labute approximate surface area is 177 Å². The molecule has 13 heteroatoms. The number of amides is 1. The number of halogens is 6. The molecule has 2 aromatic rings. The normalized spacial score (nSPS) is 14.9. The van der Waals surface area contributed by atoms with Crippen molar-refractivity contribution in [3.8, 4) is 10.4 Å². The molecule has 31 heavy (non-hydrogen) atoms. The van der Waals surface area contributed by atoms with Gasteiger partial charge >= 0.3 is 12.4 Å². The molecule has 0 saturated heterocycles. The summed E-state index contributed by atoms with van der Waals surface area (Å²) in [5.41, 5.74) is 2.03. The van der Waals surface area contributed by atoms with Gasteiger partial charge in [0.2, 0.25) is 0 Å². The topological polar surface area (TPSA) is 101 Å². The minimum absolute atomic E-state index is 0.0111. The van der Waals surface area contributed by atoms with Crippen LogP contribution in [0.15, 0.2) is 12.3 Å². The minimum Gasteiger partial charge on any atom is -0.390 e. The van der Waals surface area contributed by atoms with Crippen LogP contribution < -0.4 is 11.1 Å². The molecule has 2 aromatic heterocycles. The standard InChI is InChI=1S/C18H20F6N4O2S/c1-7(16(3,4)30)12-13(31-15(28-12)14(25)29)9-6-26-11(5-10(9)18(22,23)24)27-8(2)17(19,20)21/h5-8,30H,1-4H3,(H2,25,29)(H,26,27)/t7-,8+/m1/s1. The highest BCUT2D eigenvalue weighted by Crippen LogP contribution is 2.44. The molecule has 4 N–H and O–H groups in total. The van der Waals surface area contributed by atoms with E-state index in [1.807, 2.05) is 5.32 Å². The zero-order valence-electron chi connectivity index (χ0n) is 16.8. The third-order valence-corrected chi connectivity index (χ3v) is 5.76. The highest BCUT2D eigenvalue weighted by Gasteiger charge is 2.39. The van der Waals surface area contributed by atoms with Crippen LogP contribution in [0, 0.1) is 0 Å². The number of rotatable bonds is 6. The summed E-state index contributed by atoms with van der Waals surface area (Å²) in [6, 6.07) is -1.68. The highest BCUT2D eigenvalue weighted by molar-refractivity contribution is 7.17. The van der Waals surface area contributed by atoms with Crippen LogP contribution in [-0.2, 0) is 6.18 Å². The number of pyridine rings is 1. The Morgan fingerprint density at radius 1 is 1.19 bits per heavy atom. The fourth-order valence-corrected chi connectivity index (χ4v) is 3.55. The van der Waals surface area contributed by atoms with Crippen LogP contribution in [-0.4, -0.2) is 38.8 Å². The third-order valence-electron chi connectivity index (χ3n) is 4.64. The van der Waals surface area contributed by atoms with Crippen molar-refractivity contribution in [2.45, 2.75) is 57.6 Å². The fourth-order valence-electron chi connectivity index (χ4n) is 2.51. The van der Waals surface area contributed by atoms with Crippen LogP contribution in [0.1, 0.15) is 54.7 Å². The molecule has 2 rings (SSSR count). The molecule has 0 radical (unpaired) electrons. The van der Waals surface area contributed by atoms with Crippen LogP contribution >= 0.6 is 11.3 Å². The highest BCUT2D eigenvalue weighted by atomic mass is 32.1. The number of thiazole rings is 1. The molecule has 2 heterocycles. The van der Waals surface area contributed by atoms with Crippen molar-refractivity contribution < 1.29 is 36.2 Å². The maximum absolute atomic E-state index is 13.8. The van der Waals surface area contributed by atoms with Crippen molar-refractivity contribution in [2.75, 3.05) is 5.32 Å². The van der Waals surface area contributed by atoms with Gasteiger partial charge in [-0.3, -0.25) is 4.79 Å². The maximum Gasteiger partial charge on any atom is 0.417 e. The van der Waals surface area contributed by atoms with E-state index in [0.717, 1.165) is 13.1 Å². The number of hydrogen-bond acceptors (Lipinski definition) is 6. The van der Waals surface area contributed by atoms with E-state index in [1.165, 1.54) is 20.8 Å². The van der Waals surface area contributed by atoms with Crippen LogP contribution in [0.2, 0.25) is 0 Å². The van der Waals surface area contributed by atoms with E-state index in [4.69, 9.17) is 5.73 Å². The smallest absolute Gasteiger partial charge is 0.390 e. The SMILES string of the molecule is C[C@H](c1nc(C(N)=O)sc1-c1cnc(N[C@@H](C)C(F)(F)F)cc1C(F)(F)F)C(C)(C)O. The third kappa shape index (κ3) is 5.64. The second kappa shape index (κ2) is 8.26. The van der Waals surface area contributed by atoms with E-state index in [9.17, 15) is 36.2 Å². The number of alkyl halides is 6. The lowest BCUT2D eigenvalue weighted by Gasteiger charge is -2.26. The van der Waals surface area contributed by atoms with E-state index in [1.54, 1.807) is 0 Å². The summed E-state index contributed by atoms with van der Waals surface area (Å²) in [6.07, 6.45) is -8.89. The molecule has 0 aliphatic carbocycles. The predicted molar refractivity (Wildman–Crippen MR) is 103 cm³/mol. The number of carbonyl (C=O) groups is 1. The summed E-state index contributed by atoms with van der Waals surface area (Å²) < 4.78 is 79.6. The number of nitrogens with one attached hydrogen (secondary N) is 1. The molecule has 0 aromatic carbocycles. The summed E-state index contributed by atoms with van der Waals surface area (Å²) >= 11 is 0.582. The molecule has 2 atom stereocenters. The first kappa shape index (κ1) is 24.9. The van der Waals surface area contributed by atoms with Gasteiger partial charge in [-0.25, -0.2) is 9.97 Å². The Morgan fingerprint density at radius 3 is 2.23 bits per heavy atom. The van der Waals surface area contributed by atoms with Crippen LogP contribution in [0.4, 0.5) is 32.2 Å². The first-order chi connectivity index (χ1) is 13.9. The molecule has 0 bridgehead atoms. The number of nitrogens with two attached hydrogens (primary N) is 1. The summed E-state index contributed by atoms with van der Waals surface area (Å²) in [6.45, 7) is 5.08. The maximum atomic E-state index is 13.8. The molecule has 6 nitrogen and oxygen atoms in total. The molecule has 0 saturated carbocycles. The molecular formula is C18H20F6N4O2S. The zero-order valence-corrected chi connectivity index (χ0v) is 17.6. The van der Waals surface area contributed by atoms with Gasteiger partial charge in [-0.05, 0) is 26.8 Å². The van der Waals surface area contributed by atoms with Gasteiger partial charge in [0.05, 0.1) is 21.7 Å². The van der Waals surface area contributed by atoms with Gasteiger partial charge in [0.1, 0.15) is 11.9 Å². The van der Waals surface area contributed by atoms with Gasteiger partial charge in [-0.15, -0.1) is 11.3 Å². The van der Waals surface area contributed by atoms with Crippen molar-refractivity contribution in [3.63, 3.8) is 0 Å². The van der Waals surface area contributed by atoms with E-state index in [-0.39, 0.29) is 15.6 Å². The van der Waals surface area contributed by atoms with Gasteiger partial charge in [-0.2, -0.15) is 26.3 Å². The van der Waals surface area contributed by atoms with Crippen molar-refractivity contribution in [1.82, 2.24) is 9.97 Å². The lowest BCUT2D eigenvalue weighted by atomic mass is 9.88. The van der Waals surface area contributed by atoms with Crippen LogP contribution in [0.25, 0.3) is 10.4 Å². The monoisotopic (exact) mass is 470 g/mol. The van der Waals surface area contributed by atoms with Crippen molar-refractivity contribution in [2.24, 2.45) is 5.73 Å². The van der Waals surface area contributed by atoms with Gasteiger partial charge in [-0.1, -0.05) is 6.92 Å². The summed E-state index contributed by atoms with van der Waals surface area (Å²) in [5.74, 6) is -2.41. The largest absolute Gasteiger partial charge is 0.417 e. The fraction of sp³-hybridized carbons (Fsp3) is 0.500. The second-order valence-electron chi connectivity index (χ2n) is 7.49. The second-order valence-corrected chi connectivity index (χ2v) is 8.49. The Morgan fingerprint density at radius 2 is 1.77 bits per heavy atom. The number of hydrogen-bond donors (Lipinski definition) is 3. The molecule has 172 valence electrons. The summed E-state index contributed by atoms with van der Waals surface area (Å²) in [7, 11) is 0. The van der Waals surface area contributed by atoms with Crippen molar-refractivity contribution >= 4 is 23.1 Å². The average Bonchev–Trinajstić information content (AvgIpc) is 3.03. The number of carbonyl (C=O) groups excluding carboxylic acids is 1. The quantitative estimate of drug-likeness (QED) is 0.538. The molecule has 0 fully saturated rings. The van der Waals surface area contributed by atoms with Crippen molar-refractivity contribution in [1.29, 1.82) is 0 Å². The molecule has 0 spiro atoms. The average molecular weight is 470 g/mol. The van der Waals surface area contributed by atoms with E-state index in [0.29, 0.717) is 17.4 Å². The lowest BCUT2D eigenvalue weighted by molar-refractivity contribution is -0.138. The molecule has 0 aliphatic heterocycles.